The molecule has 2 heterocycles. The van der Waals surface area contributed by atoms with Crippen LogP contribution in [-0.4, -0.2) is 50.1 Å². The summed E-state index contributed by atoms with van der Waals surface area (Å²) in [5.41, 5.74) is 0. The highest BCUT2D eigenvalue weighted by atomic mass is 32.2. The second-order valence-corrected chi connectivity index (χ2v) is 7.00. The first-order valence-electron chi connectivity index (χ1n) is 5.89. The van der Waals surface area contributed by atoms with Gasteiger partial charge in [0.2, 0.25) is 10.0 Å². The van der Waals surface area contributed by atoms with Gasteiger partial charge < -0.3 is 9.47 Å². The zero-order valence-corrected chi connectivity index (χ0v) is 10.0. The van der Waals surface area contributed by atoms with Crippen molar-refractivity contribution in [2.45, 2.75) is 36.7 Å². The van der Waals surface area contributed by atoms with Crippen molar-refractivity contribution in [1.29, 1.82) is 0 Å². The van der Waals surface area contributed by atoms with E-state index in [0.29, 0.717) is 26.3 Å². The Morgan fingerprint density at radius 3 is 2.50 bits per heavy atom. The van der Waals surface area contributed by atoms with Crippen molar-refractivity contribution in [2.75, 3.05) is 26.3 Å². The topological polar surface area (TPSA) is 55.8 Å². The summed E-state index contributed by atoms with van der Waals surface area (Å²) in [7, 11) is -3.08. The molecule has 0 radical (unpaired) electrons. The van der Waals surface area contributed by atoms with Gasteiger partial charge in [0.05, 0.1) is 25.0 Å². The fraction of sp³-hybridized carbons (Fsp3) is 1.00. The summed E-state index contributed by atoms with van der Waals surface area (Å²) < 4.78 is 36.9. The Hall–Kier alpha value is -0.170. The molecule has 5 nitrogen and oxygen atoms in total. The van der Waals surface area contributed by atoms with Crippen LogP contribution < -0.4 is 0 Å². The Bertz CT molecular complexity index is 370. The molecule has 16 heavy (non-hydrogen) atoms. The summed E-state index contributed by atoms with van der Waals surface area (Å²) in [6.07, 6.45) is 3.26. The fourth-order valence-electron chi connectivity index (χ4n) is 2.48. The molecule has 92 valence electrons. The van der Waals surface area contributed by atoms with Crippen LogP contribution in [0, 0.1) is 0 Å². The molecule has 2 aliphatic heterocycles. The van der Waals surface area contributed by atoms with E-state index in [2.05, 4.69) is 0 Å². The van der Waals surface area contributed by atoms with Gasteiger partial charge in [-0.25, -0.2) is 8.42 Å². The Morgan fingerprint density at radius 1 is 1.19 bits per heavy atom. The number of piperidine rings is 1. The Morgan fingerprint density at radius 2 is 1.88 bits per heavy atom. The van der Waals surface area contributed by atoms with E-state index < -0.39 is 15.8 Å². The normalized spacial score (nSPS) is 31.0. The molecule has 1 aliphatic carbocycles. The predicted octanol–water partition coefficient (Wildman–Crippen LogP) is 0.317. The summed E-state index contributed by atoms with van der Waals surface area (Å²) >= 11 is 0. The number of hydrogen-bond acceptors (Lipinski definition) is 4. The number of ether oxygens (including phenoxy) is 2. The fourth-order valence-corrected chi connectivity index (χ4v) is 4.39. The number of hydrogen-bond donors (Lipinski definition) is 0. The zero-order chi connectivity index (χ0) is 11.2. The smallest absolute Gasteiger partial charge is 0.217 e. The third-order valence-electron chi connectivity index (χ3n) is 3.50. The van der Waals surface area contributed by atoms with Gasteiger partial charge in [-0.2, -0.15) is 4.31 Å². The van der Waals surface area contributed by atoms with Crippen LogP contribution in [0.15, 0.2) is 0 Å². The molecule has 1 saturated carbocycles. The molecule has 0 bridgehead atoms. The Labute approximate surface area is 95.8 Å². The minimum atomic E-state index is -3.08. The van der Waals surface area contributed by atoms with Gasteiger partial charge in [0.1, 0.15) is 0 Å². The molecule has 2 saturated heterocycles. The SMILES string of the molecule is O=S(=O)(C1CC1)N1CCCC2(C1)OCCO2. The molecule has 0 amide bonds. The summed E-state index contributed by atoms with van der Waals surface area (Å²) in [5.74, 6) is -0.639. The lowest BCUT2D eigenvalue weighted by atomic mass is 10.1. The van der Waals surface area contributed by atoms with Gasteiger partial charge in [-0.15, -0.1) is 0 Å². The van der Waals surface area contributed by atoms with E-state index in [1.807, 2.05) is 0 Å². The molecule has 0 N–H and O–H groups in total. The van der Waals surface area contributed by atoms with Gasteiger partial charge in [-0.3, -0.25) is 0 Å². The van der Waals surface area contributed by atoms with E-state index in [4.69, 9.17) is 9.47 Å². The highest BCUT2D eigenvalue weighted by molar-refractivity contribution is 7.90. The maximum absolute atomic E-state index is 12.1. The third kappa shape index (κ3) is 1.77. The first-order chi connectivity index (χ1) is 7.62. The van der Waals surface area contributed by atoms with Crippen LogP contribution in [-0.2, 0) is 19.5 Å². The quantitative estimate of drug-likeness (QED) is 0.705. The second kappa shape index (κ2) is 3.66. The van der Waals surface area contributed by atoms with E-state index in [0.717, 1.165) is 25.7 Å². The lowest BCUT2D eigenvalue weighted by Crippen LogP contribution is -2.51. The van der Waals surface area contributed by atoms with Crippen LogP contribution in [0.3, 0.4) is 0 Å². The second-order valence-electron chi connectivity index (χ2n) is 4.79. The first kappa shape index (κ1) is 11.0. The molecule has 6 heteroatoms. The first-order valence-corrected chi connectivity index (χ1v) is 7.40. The average Bonchev–Trinajstić information content (AvgIpc) is 3.04. The van der Waals surface area contributed by atoms with Crippen molar-refractivity contribution < 1.29 is 17.9 Å². The van der Waals surface area contributed by atoms with E-state index in [-0.39, 0.29) is 5.25 Å². The predicted molar refractivity (Wildman–Crippen MR) is 57.4 cm³/mol. The molecule has 0 aromatic heterocycles. The van der Waals surface area contributed by atoms with E-state index in [1.165, 1.54) is 0 Å². The third-order valence-corrected chi connectivity index (χ3v) is 5.85. The van der Waals surface area contributed by atoms with E-state index >= 15 is 0 Å². The van der Waals surface area contributed by atoms with Gasteiger partial charge in [0, 0.05) is 13.0 Å². The molecule has 3 fully saturated rings. The van der Waals surface area contributed by atoms with Gasteiger partial charge in [0.15, 0.2) is 5.79 Å². The monoisotopic (exact) mass is 247 g/mol. The number of rotatable bonds is 2. The van der Waals surface area contributed by atoms with Gasteiger partial charge >= 0.3 is 0 Å². The van der Waals surface area contributed by atoms with Crippen molar-refractivity contribution in [3.63, 3.8) is 0 Å². The minimum Gasteiger partial charge on any atom is -0.346 e. The van der Waals surface area contributed by atoms with Gasteiger partial charge in [-0.1, -0.05) is 0 Å². The minimum absolute atomic E-state index is 0.135. The Balaban J connectivity index is 1.77. The molecule has 0 aromatic rings. The van der Waals surface area contributed by atoms with Crippen LogP contribution in [0.4, 0.5) is 0 Å². The summed E-state index contributed by atoms with van der Waals surface area (Å²) in [5, 5.41) is -0.135. The molecule has 1 spiro atoms. The maximum Gasteiger partial charge on any atom is 0.217 e. The van der Waals surface area contributed by atoms with E-state index in [1.54, 1.807) is 4.31 Å². The molecular formula is C10H17NO4S. The molecule has 0 atom stereocenters. The molecule has 0 aromatic carbocycles. The molecular weight excluding hydrogens is 230 g/mol. The number of nitrogens with zero attached hydrogens (tertiary/aromatic N) is 1. The van der Waals surface area contributed by atoms with Crippen molar-refractivity contribution in [3.05, 3.63) is 0 Å². The lowest BCUT2D eigenvalue weighted by Gasteiger charge is -2.37. The number of sulfonamides is 1. The van der Waals surface area contributed by atoms with Crippen LogP contribution in [0.2, 0.25) is 0 Å². The van der Waals surface area contributed by atoms with Gasteiger partial charge in [0.25, 0.3) is 0 Å². The summed E-state index contributed by atoms with van der Waals surface area (Å²) in [6.45, 7) is 2.16. The van der Waals surface area contributed by atoms with Crippen LogP contribution in [0.5, 0.6) is 0 Å². The van der Waals surface area contributed by atoms with Crippen molar-refractivity contribution in [2.24, 2.45) is 0 Å². The summed E-state index contributed by atoms with van der Waals surface area (Å²) in [4.78, 5) is 0. The van der Waals surface area contributed by atoms with E-state index in [9.17, 15) is 8.42 Å². The van der Waals surface area contributed by atoms with Crippen molar-refractivity contribution in [3.8, 4) is 0 Å². The standard InChI is InChI=1S/C10H17NO4S/c12-16(13,9-2-3-9)11-5-1-4-10(8-11)14-6-7-15-10/h9H,1-8H2. The van der Waals surface area contributed by atoms with Crippen LogP contribution >= 0.6 is 0 Å². The van der Waals surface area contributed by atoms with Crippen molar-refractivity contribution >= 4 is 10.0 Å². The largest absolute Gasteiger partial charge is 0.346 e. The van der Waals surface area contributed by atoms with Crippen LogP contribution in [0.25, 0.3) is 0 Å². The molecule has 3 rings (SSSR count). The van der Waals surface area contributed by atoms with Crippen molar-refractivity contribution in [1.82, 2.24) is 4.31 Å². The highest BCUT2D eigenvalue weighted by Crippen LogP contribution is 2.36. The highest BCUT2D eigenvalue weighted by Gasteiger charge is 2.47. The maximum atomic E-state index is 12.1. The lowest BCUT2D eigenvalue weighted by molar-refractivity contribution is -0.179. The van der Waals surface area contributed by atoms with Crippen LogP contribution in [0.1, 0.15) is 25.7 Å². The molecule has 0 unspecified atom stereocenters. The molecule has 3 aliphatic rings. The average molecular weight is 247 g/mol. The Kier molecular flexibility index (Phi) is 2.51. The van der Waals surface area contributed by atoms with Gasteiger partial charge in [-0.05, 0) is 19.3 Å². The zero-order valence-electron chi connectivity index (χ0n) is 9.22. The summed E-state index contributed by atoms with van der Waals surface area (Å²) in [6, 6.07) is 0.